The number of sulfonamides is 1. The highest BCUT2D eigenvalue weighted by Gasteiger charge is 2.32. The molecule has 1 N–H and O–H groups in total. The standard InChI is InChI=1S/C25H38N4O5S/c1-19-8-13-28(14-9-19)35(32,33)21-6-7-23-22(15-21)29(25(31)18-34-23)17-24(30)26-10-4-12-27-11-3-5-20(2)16-27/h6-7,15,19-20H,3-5,8-14,16-18H2,1-2H3,(H,26,30)/t20-/m0/s1. The molecular formula is C25H38N4O5S. The van der Waals surface area contributed by atoms with Gasteiger partial charge in [-0.25, -0.2) is 8.42 Å². The molecule has 1 aromatic rings. The summed E-state index contributed by atoms with van der Waals surface area (Å²) in [4.78, 5) is 29.1. The van der Waals surface area contributed by atoms with Crippen LogP contribution in [0.25, 0.3) is 0 Å². The van der Waals surface area contributed by atoms with Crippen LogP contribution in [0, 0.1) is 11.8 Å². The second-order valence-electron chi connectivity index (χ2n) is 10.2. The molecule has 0 radical (unpaired) electrons. The number of carbonyl (C=O) groups excluding carboxylic acids is 2. The molecule has 0 unspecified atom stereocenters. The summed E-state index contributed by atoms with van der Waals surface area (Å²) in [6.07, 6.45) is 5.01. The van der Waals surface area contributed by atoms with E-state index >= 15 is 0 Å². The molecule has 2 saturated heterocycles. The van der Waals surface area contributed by atoms with Crippen molar-refractivity contribution in [3.05, 3.63) is 18.2 Å². The second-order valence-corrected chi connectivity index (χ2v) is 12.2. The zero-order valence-corrected chi connectivity index (χ0v) is 21.7. The van der Waals surface area contributed by atoms with E-state index in [1.807, 2.05) is 0 Å². The van der Waals surface area contributed by atoms with Gasteiger partial charge >= 0.3 is 0 Å². The van der Waals surface area contributed by atoms with Crippen LogP contribution in [0.1, 0.15) is 46.0 Å². The number of carbonyl (C=O) groups is 2. The third-order valence-electron chi connectivity index (χ3n) is 7.27. The Balaban J connectivity index is 1.37. The minimum atomic E-state index is -3.69. The lowest BCUT2D eigenvalue weighted by molar-refractivity contribution is -0.125. The summed E-state index contributed by atoms with van der Waals surface area (Å²) in [5.74, 6) is 1.00. The molecule has 2 fully saturated rings. The molecule has 4 rings (SSSR count). The van der Waals surface area contributed by atoms with E-state index in [-0.39, 0.29) is 29.9 Å². The maximum atomic E-state index is 13.2. The van der Waals surface area contributed by atoms with Gasteiger partial charge in [-0.3, -0.25) is 14.5 Å². The van der Waals surface area contributed by atoms with E-state index in [1.165, 1.54) is 34.2 Å². The first-order valence-electron chi connectivity index (χ1n) is 12.8. The Morgan fingerprint density at radius 1 is 1.11 bits per heavy atom. The third-order valence-corrected chi connectivity index (χ3v) is 9.16. The summed E-state index contributed by atoms with van der Waals surface area (Å²) in [5.41, 5.74) is 0.324. The average Bonchev–Trinajstić information content (AvgIpc) is 2.83. The van der Waals surface area contributed by atoms with Crippen molar-refractivity contribution in [2.24, 2.45) is 11.8 Å². The van der Waals surface area contributed by atoms with Crippen molar-refractivity contribution in [2.75, 3.05) is 57.3 Å². The Kier molecular flexibility index (Phi) is 8.34. The zero-order chi connectivity index (χ0) is 25.0. The molecule has 1 aromatic carbocycles. The van der Waals surface area contributed by atoms with Crippen molar-refractivity contribution in [3.63, 3.8) is 0 Å². The number of hydrogen-bond donors (Lipinski definition) is 1. The van der Waals surface area contributed by atoms with Gasteiger partial charge in [0.2, 0.25) is 15.9 Å². The van der Waals surface area contributed by atoms with E-state index < -0.39 is 10.0 Å². The monoisotopic (exact) mass is 506 g/mol. The van der Waals surface area contributed by atoms with Gasteiger partial charge in [0.1, 0.15) is 12.3 Å². The molecule has 0 bridgehead atoms. The fraction of sp³-hybridized carbons (Fsp3) is 0.680. The largest absolute Gasteiger partial charge is 0.482 e. The highest BCUT2D eigenvalue weighted by molar-refractivity contribution is 7.89. The Hall–Kier alpha value is -2.17. The van der Waals surface area contributed by atoms with Gasteiger partial charge < -0.3 is 15.0 Å². The molecule has 9 nitrogen and oxygen atoms in total. The van der Waals surface area contributed by atoms with Gasteiger partial charge in [0.15, 0.2) is 6.61 Å². The average molecular weight is 507 g/mol. The Morgan fingerprint density at radius 2 is 1.89 bits per heavy atom. The van der Waals surface area contributed by atoms with Crippen LogP contribution in [0.2, 0.25) is 0 Å². The number of benzene rings is 1. The number of fused-ring (bicyclic) bond motifs is 1. The summed E-state index contributed by atoms with van der Waals surface area (Å²) < 4.78 is 33.4. The van der Waals surface area contributed by atoms with Crippen molar-refractivity contribution in [2.45, 2.75) is 50.8 Å². The highest BCUT2D eigenvalue weighted by Crippen LogP contribution is 2.35. The number of nitrogens with one attached hydrogen (secondary N) is 1. The first-order chi connectivity index (χ1) is 16.7. The predicted molar refractivity (Wildman–Crippen MR) is 134 cm³/mol. The van der Waals surface area contributed by atoms with E-state index in [0.29, 0.717) is 37.0 Å². The van der Waals surface area contributed by atoms with Crippen molar-refractivity contribution in [1.82, 2.24) is 14.5 Å². The number of nitrogens with zero attached hydrogens (tertiary/aromatic N) is 3. The molecular weight excluding hydrogens is 468 g/mol. The molecule has 2 amide bonds. The summed E-state index contributed by atoms with van der Waals surface area (Å²) in [7, 11) is -3.69. The number of ether oxygens (including phenoxy) is 1. The fourth-order valence-electron chi connectivity index (χ4n) is 5.11. The second kappa shape index (κ2) is 11.3. The van der Waals surface area contributed by atoms with Crippen molar-refractivity contribution in [1.29, 1.82) is 0 Å². The number of piperidine rings is 2. The number of rotatable bonds is 8. The quantitative estimate of drug-likeness (QED) is 0.542. The van der Waals surface area contributed by atoms with E-state index in [1.54, 1.807) is 6.07 Å². The number of amides is 2. The lowest BCUT2D eigenvalue weighted by atomic mass is 10.0. The maximum absolute atomic E-state index is 13.2. The molecule has 35 heavy (non-hydrogen) atoms. The molecule has 3 heterocycles. The fourth-order valence-corrected chi connectivity index (χ4v) is 6.60. The summed E-state index contributed by atoms with van der Waals surface area (Å²) in [6, 6.07) is 4.55. The van der Waals surface area contributed by atoms with Gasteiger partial charge in [0.25, 0.3) is 5.91 Å². The smallest absolute Gasteiger partial charge is 0.265 e. The van der Waals surface area contributed by atoms with Gasteiger partial charge in [0, 0.05) is 26.2 Å². The molecule has 3 aliphatic heterocycles. The topological polar surface area (TPSA) is 99.3 Å². The van der Waals surface area contributed by atoms with E-state index in [4.69, 9.17) is 4.74 Å². The molecule has 10 heteroatoms. The Labute approximate surface area is 208 Å². The van der Waals surface area contributed by atoms with Crippen LogP contribution in [0.4, 0.5) is 5.69 Å². The summed E-state index contributed by atoms with van der Waals surface area (Å²) in [6.45, 7) is 8.73. The molecule has 0 spiro atoms. The zero-order valence-electron chi connectivity index (χ0n) is 20.9. The van der Waals surface area contributed by atoms with E-state index in [9.17, 15) is 18.0 Å². The van der Waals surface area contributed by atoms with Crippen LogP contribution >= 0.6 is 0 Å². The van der Waals surface area contributed by atoms with Gasteiger partial charge in [0.05, 0.1) is 10.6 Å². The molecule has 0 aromatic heterocycles. The normalized spacial score (nSPS) is 22.5. The molecule has 194 valence electrons. The lowest BCUT2D eigenvalue weighted by Gasteiger charge is -2.32. The van der Waals surface area contributed by atoms with Gasteiger partial charge in [-0.05, 0) is 75.2 Å². The first-order valence-corrected chi connectivity index (χ1v) is 14.2. The number of anilines is 1. The number of hydrogen-bond acceptors (Lipinski definition) is 6. The van der Waals surface area contributed by atoms with Crippen LogP contribution < -0.4 is 15.0 Å². The maximum Gasteiger partial charge on any atom is 0.265 e. The van der Waals surface area contributed by atoms with Crippen molar-refractivity contribution < 1.29 is 22.7 Å². The minimum absolute atomic E-state index is 0.116. The highest BCUT2D eigenvalue weighted by atomic mass is 32.2. The Morgan fingerprint density at radius 3 is 2.63 bits per heavy atom. The first kappa shape index (κ1) is 25.9. The summed E-state index contributed by atoms with van der Waals surface area (Å²) in [5, 5.41) is 2.91. The van der Waals surface area contributed by atoms with Gasteiger partial charge in [-0.1, -0.05) is 13.8 Å². The van der Waals surface area contributed by atoms with Gasteiger partial charge in [-0.2, -0.15) is 4.31 Å². The minimum Gasteiger partial charge on any atom is -0.482 e. The molecule has 3 aliphatic rings. The predicted octanol–water partition coefficient (Wildman–Crippen LogP) is 2.07. The molecule has 0 saturated carbocycles. The van der Waals surface area contributed by atoms with Crippen LogP contribution in [-0.4, -0.2) is 81.9 Å². The summed E-state index contributed by atoms with van der Waals surface area (Å²) >= 11 is 0. The van der Waals surface area contributed by atoms with E-state index in [0.717, 1.165) is 44.8 Å². The molecule has 1 atom stereocenters. The van der Waals surface area contributed by atoms with Crippen LogP contribution in [-0.2, 0) is 19.6 Å². The van der Waals surface area contributed by atoms with Crippen molar-refractivity contribution in [3.8, 4) is 5.75 Å². The Bertz CT molecular complexity index is 1020. The lowest BCUT2D eigenvalue weighted by Crippen LogP contribution is -2.45. The van der Waals surface area contributed by atoms with Gasteiger partial charge in [-0.15, -0.1) is 0 Å². The molecule has 0 aliphatic carbocycles. The van der Waals surface area contributed by atoms with Crippen LogP contribution in [0.3, 0.4) is 0 Å². The SMILES string of the molecule is CC1CCN(S(=O)(=O)c2ccc3c(c2)N(CC(=O)NCCCN2CCC[C@H](C)C2)C(=O)CO3)CC1. The van der Waals surface area contributed by atoms with Crippen molar-refractivity contribution >= 4 is 27.5 Å². The van der Waals surface area contributed by atoms with Crippen LogP contribution in [0.5, 0.6) is 5.75 Å². The van der Waals surface area contributed by atoms with Crippen LogP contribution in [0.15, 0.2) is 23.1 Å². The third kappa shape index (κ3) is 6.34. The number of likely N-dealkylation sites (tertiary alicyclic amines) is 1. The van der Waals surface area contributed by atoms with E-state index in [2.05, 4.69) is 24.1 Å².